The molecule has 0 aliphatic carbocycles. The van der Waals surface area contributed by atoms with Gasteiger partial charge in [-0.25, -0.2) is 0 Å². The van der Waals surface area contributed by atoms with Crippen molar-refractivity contribution < 1.29 is 0 Å². The second-order valence-electron chi connectivity index (χ2n) is 12.1. The average Bonchev–Trinajstić information content (AvgIpc) is 3.53. The molecule has 0 radical (unpaired) electrons. The van der Waals surface area contributed by atoms with E-state index >= 15 is 0 Å². The van der Waals surface area contributed by atoms with E-state index in [0.29, 0.717) is 0 Å². The smallest absolute Gasteiger partial charge is 0.0624 e. The van der Waals surface area contributed by atoms with E-state index in [2.05, 4.69) is 193 Å². The molecule has 1 nitrogen and oxygen atoms in total. The van der Waals surface area contributed by atoms with Crippen LogP contribution >= 0.6 is 11.3 Å². The van der Waals surface area contributed by atoms with Gasteiger partial charge >= 0.3 is 0 Å². The number of nitrogens with zero attached hydrogens (tertiary/aromatic N) is 1. The minimum absolute atomic E-state index is 1.12. The molecule has 0 unspecified atom stereocenters. The highest BCUT2D eigenvalue weighted by Gasteiger charge is 2.24. The summed E-state index contributed by atoms with van der Waals surface area (Å²) in [5.74, 6) is 0. The van der Waals surface area contributed by atoms with Crippen molar-refractivity contribution in [2.24, 2.45) is 0 Å². The Morgan fingerprint density at radius 1 is 0.354 bits per heavy atom. The molecule has 0 spiro atoms. The van der Waals surface area contributed by atoms with Crippen LogP contribution in [0.25, 0.3) is 64.3 Å². The first-order valence-electron chi connectivity index (χ1n) is 16.4. The number of benzene rings is 8. The first-order valence-corrected chi connectivity index (χ1v) is 17.2. The highest BCUT2D eigenvalue weighted by atomic mass is 32.1. The van der Waals surface area contributed by atoms with Crippen molar-refractivity contribution in [2.75, 3.05) is 4.90 Å². The van der Waals surface area contributed by atoms with E-state index < -0.39 is 0 Å². The summed E-state index contributed by atoms with van der Waals surface area (Å²) in [7, 11) is 0. The number of para-hydroxylation sites is 1. The van der Waals surface area contributed by atoms with E-state index in [1.165, 1.54) is 70.0 Å². The summed E-state index contributed by atoms with van der Waals surface area (Å²) in [4.78, 5) is 2.47. The Morgan fingerprint density at radius 3 is 1.62 bits per heavy atom. The molecule has 0 saturated heterocycles. The average molecular weight is 630 g/mol. The fraction of sp³-hybridized carbons (Fsp3) is 0. The molecule has 8 aromatic carbocycles. The van der Waals surface area contributed by atoms with Crippen LogP contribution in [0.1, 0.15) is 0 Å². The van der Waals surface area contributed by atoms with Crippen LogP contribution in [0.15, 0.2) is 188 Å². The van der Waals surface area contributed by atoms with Gasteiger partial charge in [-0.05, 0) is 81.7 Å². The summed E-state index contributed by atoms with van der Waals surface area (Å²) < 4.78 is 2.59. The fourth-order valence-corrected chi connectivity index (χ4v) is 8.07. The van der Waals surface area contributed by atoms with Crippen LogP contribution in [0.4, 0.5) is 17.1 Å². The molecule has 0 aliphatic heterocycles. The topological polar surface area (TPSA) is 3.24 Å². The lowest BCUT2D eigenvalue weighted by molar-refractivity contribution is 1.30. The first kappa shape index (κ1) is 28.3. The number of thiophene rings is 1. The van der Waals surface area contributed by atoms with Crippen molar-refractivity contribution in [2.45, 2.75) is 0 Å². The van der Waals surface area contributed by atoms with Gasteiger partial charge in [-0.15, -0.1) is 11.3 Å². The van der Waals surface area contributed by atoms with Gasteiger partial charge in [-0.2, -0.15) is 0 Å². The van der Waals surface area contributed by atoms with Gasteiger partial charge in [0.15, 0.2) is 0 Å². The lowest BCUT2D eigenvalue weighted by atomic mass is 9.88. The predicted octanol–water partition coefficient (Wildman–Crippen LogP) is 13.7. The SMILES string of the molecule is c1ccc(-c2ccc3sc4ccc(N(c5ccccc5)c5c(-c6ccccc6)c(-c6ccccc6)cc6ccccc56)cc4c3c2)cc1. The highest BCUT2D eigenvalue weighted by molar-refractivity contribution is 7.25. The lowest BCUT2D eigenvalue weighted by Crippen LogP contribution is -2.12. The van der Waals surface area contributed by atoms with E-state index in [0.717, 1.165) is 11.4 Å². The van der Waals surface area contributed by atoms with E-state index in [1.54, 1.807) is 0 Å². The summed E-state index contributed by atoms with van der Waals surface area (Å²) >= 11 is 1.86. The molecule has 0 N–H and O–H groups in total. The Hall–Kier alpha value is -5.96. The molecular formula is C46H31NS. The summed E-state index contributed by atoms with van der Waals surface area (Å²) in [6.45, 7) is 0. The van der Waals surface area contributed by atoms with Crippen LogP contribution in [0.5, 0.6) is 0 Å². The second-order valence-corrected chi connectivity index (χ2v) is 13.2. The van der Waals surface area contributed by atoms with E-state index in [1.807, 2.05) is 11.3 Å². The molecule has 9 aromatic rings. The number of hydrogen-bond donors (Lipinski definition) is 0. The molecule has 0 saturated carbocycles. The van der Waals surface area contributed by atoms with Crippen LogP contribution in [-0.4, -0.2) is 0 Å². The van der Waals surface area contributed by atoms with Gasteiger partial charge in [-0.1, -0.05) is 140 Å². The van der Waals surface area contributed by atoms with Crippen LogP contribution in [0.3, 0.4) is 0 Å². The molecule has 1 heterocycles. The Morgan fingerprint density at radius 2 is 0.917 bits per heavy atom. The van der Waals surface area contributed by atoms with Gasteiger partial charge in [0.05, 0.1) is 5.69 Å². The van der Waals surface area contributed by atoms with Crippen molar-refractivity contribution in [3.05, 3.63) is 188 Å². The molecule has 48 heavy (non-hydrogen) atoms. The van der Waals surface area contributed by atoms with E-state index in [4.69, 9.17) is 0 Å². The van der Waals surface area contributed by atoms with Gasteiger partial charge in [0, 0.05) is 42.5 Å². The van der Waals surface area contributed by atoms with Crippen LogP contribution < -0.4 is 4.90 Å². The maximum absolute atomic E-state index is 2.47. The molecular weight excluding hydrogens is 599 g/mol. The minimum Gasteiger partial charge on any atom is -0.309 e. The highest BCUT2D eigenvalue weighted by Crippen LogP contribution is 2.50. The summed E-state index contributed by atoms with van der Waals surface area (Å²) in [5, 5.41) is 4.98. The van der Waals surface area contributed by atoms with Crippen molar-refractivity contribution in [1.82, 2.24) is 0 Å². The Labute approximate surface area is 284 Å². The third-order valence-corrected chi connectivity index (χ3v) is 10.4. The molecule has 9 rings (SSSR count). The minimum atomic E-state index is 1.12. The van der Waals surface area contributed by atoms with Gasteiger partial charge < -0.3 is 4.90 Å². The first-order chi connectivity index (χ1) is 23.8. The predicted molar refractivity (Wildman–Crippen MR) is 208 cm³/mol. The lowest BCUT2D eigenvalue weighted by Gasteiger charge is -2.31. The maximum atomic E-state index is 2.47. The monoisotopic (exact) mass is 629 g/mol. The normalized spacial score (nSPS) is 11.3. The molecule has 226 valence electrons. The van der Waals surface area contributed by atoms with Gasteiger partial charge in [0.2, 0.25) is 0 Å². The quantitative estimate of drug-likeness (QED) is 0.177. The van der Waals surface area contributed by atoms with Crippen LogP contribution in [0.2, 0.25) is 0 Å². The molecule has 0 amide bonds. The zero-order chi connectivity index (χ0) is 31.9. The van der Waals surface area contributed by atoms with Crippen LogP contribution in [-0.2, 0) is 0 Å². The molecule has 1 aromatic heterocycles. The molecule has 0 aliphatic rings. The van der Waals surface area contributed by atoms with Crippen molar-refractivity contribution in [3.63, 3.8) is 0 Å². The molecule has 2 heteroatoms. The maximum Gasteiger partial charge on any atom is 0.0624 e. The van der Waals surface area contributed by atoms with Crippen molar-refractivity contribution in [1.29, 1.82) is 0 Å². The largest absolute Gasteiger partial charge is 0.309 e. The van der Waals surface area contributed by atoms with Gasteiger partial charge in [0.1, 0.15) is 0 Å². The Bertz CT molecular complexity index is 2540. The Balaban J connectivity index is 1.37. The fourth-order valence-electron chi connectivity index (χ4n) is 7.00. The third-order valence-electron chi connectivity index (χ3n) is 9.23. The zero-order valence-electron chi connectivity index (χ0n) is 26.3. The summed E-state index contributed by atoms with van der Waals surface area (Å²) in [6, 6.07) is 68.2. The van der Waals surface area contributed by atoms with Crippen molar-refractivity contribution in [3.8, 4) is 33.4 Å². The molecule has 0 fully saturated rings. The second kappa shape index (κ2) is 12.0. The van der Waals surface area contributed by atoms with Crippen LogP contribution in [0, 0.1) is 0 Å². The Kier molecular flexibility index (Phi) is 7.07. The third kappa shape index (κ3) is 4.95. The summed E-state index contributed by atoms with van der Waals surface area (Å²) in [5.41, 5.74) is 10.7. The molecule has 0 atom stereocenters. The summed E-state index contributed by atoms with van der Waals surface area (Å²) in [6.07, 6.45) is 0. The standard InChI is InChI=1S/C46H31NS/c1-5-15-32(16-6-1)35-25-27-43-41(29-35)42-31-38(26-28-44(42)48-43)47(37-22-11-4-12-23-37)46-39-24-14-13-21-36(39)30-40(33-17-7-2-8-18-33)45(46)34-19-9-3-10-20-34/h1-31H. The van der Waals surface area contributed by atoms with Gasteiger partial charge in [0.25, 0.3) is 0 Å². The molecule has 0 bridgehead atoms. The van der Waals surface area contributed by atoms with Gasteiger partial charge in [-0.3, -0.25) is 0 Å². The van der Waals surface area contributed by atoms with E-state index in [9.17, 15) is 0 Å². The zero-order valence-corrected chi connectivity index (χ0v) is 27.1. The number of fused-ring (bicyclic) bond motifs is 4. The number of rotatable bonds is 6. The number of anilines is 3. The van der Waals surface area contributed by atoms with E-state index in [-0.39, 0.29) is 0 Å². The van der Waals surface area contributed by atoms with Crippen molar-refractivity contribution >= 4 is 59.3 Å². The number of hydrogen-bond acceptors (Lipinski definition) is 2.